The van der Waals surface area contributed by atoms with Gasteiger partial charge in [-0.3, -0.25) is 4.79 Å². The summed E-state index contributed by atoms with van der Waals surface area (Å²) in [5, 5.41) is 9.27. The van der Waals surface area contributed by atoms with Crippen LogP contribution >= 0.6 is 11.6 Å². The van der Waals surface area contributed by atoms with E-state index in [1.165, 1.54) is 0 Å². The lowest BCUT2D eigenvalue weighted by Gasteiger charge is -2.33. The molecule has 0 radical (unpaired) electrons. The summed E-state index contributed by atoms with van der Waals surface area (Å²) in [6.45, 7) is 1.78. The van der Waals surface area contributed by atoms with Gasteiger partial charge in [-0.2, -0.15) is 5.26 Å². The van der Waals surface area contributed by atoms with Crippen LogP contribution in [0.3, 0.4) is 0 Å². The van der Waals surface area contributed by atoms with Crippen molar-refractivity contribution in [1.82, 2.24) is 4.90 Å². The number of benzene rings is 1. The quantitative estimate of drug-likeness (QED) is 0.758. The fourth-order valence-electron chi connectivity index (χ4n) is 1.80. The van der Waals surface area contributed by atoms with Crippen molar-refractivity contribution in [3.8, 4) is 6.07 Å². The number of anilines is 1. The first kappa shape index (κ1) is 11.7. The van der Waals surface area contributed by atoms with Crippen LogP contribution in [0.15, 0.2) is 18.2 Å². The highest BCUT2D eigenvalue weighted by Crippen LogP contribution is 2.27. The molecule has 1 aliphatic rings. The Labute approximate surface area is 105 Å². The Morgan fingerprint density at radius 2 is 2.18 bits per heavy atom. The lowest BCUT2D eigenvalue weighted by atomic mass is 10.2. The smallest absolute Gasteiger partial charge is 0.241 e. The molecule has 1 aromatic rings. The van der Waals surface area contributed by atoms with Gasteiger partial charge in [-0.25, -0.2) is 0 Å². The predicted octanol–water partition coefficient (Wildman–Crippen LogP) is 1.49. The topological polar surface area (TPSA) is 47.3 Å². The molecule has 5 heteroatoms. The second-order valence-corrected chi connectivity index (χ2v) is 4.42. The van der Waals surface area contributed by atoms with E-state index >= 15 is 0 Å². The largest absolute Gasteiger partial charge is 0.359 e. The first-order chi connectivity index (χ1) is 8.11. The molecule has 1 fully saturated rings. The van der Waals surface area contributed by atoms with Crippen molar-refractivity contribution in [2.45, 2.75) is 0 Å². The maximum atomic E-state index is 11.6. The van der Waals surface area contributed by atoms with Crippen LogP contribution in [-0.4, -0.2) is 37.5 Å². The van der Waals surface area contributed by atoms with Crippen molar-refractivity contribution in [3.05, 3.63) is 28.8 Å². The van der Waals surface area contributed by atoms with E-state index in [-0.39, 0.29) is 5.91 Å². The van der Waals surface area contributed by atoms with Gasteiger partial charge in [0.2, 0.25) is 5.91 Å². The SMILES string of the molecule is CN1CCN(c2ccc(C#N)cc2Cl)CC1=O. The van der Waals surface area contributed by atoms with E-state index in [0.29, 0.717) is 23.7 Å². The molecule has 1 aromatic carbocycles. The van der Waals surface area contributed by atoms with Crippen LogP contribution in [-0.2, 0) is 4.79 Å². The Kier molecular flexibility index (Phi) is 3.21. The van der Waals surface area contributed by atoms with Crippen molar-refractivity contribution in [2.24, 2.45) is 0 Å². The standard InChI is InChI=1S/C12H12ClN3O/c1-15-4-5-16(8-12(15)17)11-3-2-9(7-14)6-10(11)13/h2-3,6H,4-5,8H2,1H3. The molecule has 0 bridgehead atoms. The van der Waals surface area contributed by atoms with Gasteiger partial charge in [-0.15, -0.1) is 0 Å². The molecule has 2 rings (SSSR count). The zero-order valence-corrected chi connectivity index (χ0v) is 10.2. The molecule has 0 aromatic heterocycles. The van der Waals surface area contributed by atoms with Crippen LogP contribution in [0.1, 0.15) is 5.56 Å². The summed E-state index contributed by atoms with van der Waals surface area (Å²) in [6, 6.07) is 7.16. The van der Waals surface area contributed by atoms with Crippen molar-refractivity contribution < 1.29 is 4.79 Å². The number of amides is 1. The molecule has 1 saturated heterocycles. The van der Waals surface area contributed by atoms with E-state index < -0.39 is 0 Å². The highest BCUT2D eigenvalue weighted by atomic mass is 35.5. The number of rotatable bonds is 1. The molecular weight excluding hydrogens is 238 g/mol. The van der Waals surface area contributed by atoms with Gasteiger partial charge >= 0.3 is 0 Å². The number of nitrogens with zero attached hydrogens (tertiary/aromatic N) is 3. The van der Waals surface area contributed by atoms with Gasteiger partial charge in [0, 0.05) is 20.1 Å². The molecule has 88 valence electrons. The second kappa shape index (κ2) is 4.64. The average Bonchev–Trinajstić information content (AvgIpc) is 2.32. The van der Waals surface area contributed by atoms with Crippen LogP contribution < -0.4 is 4.90 Å². The Hall–Kier alpha value is -1.73. The summed E-state index contributed by atoms with van der Waals surface area (Å²) in [7, 11) is 1.79. The van der Waals surface area contributed by atoms with Crippen LogP contribution in [0.4, 0.5) is 5.69 Å². The van der Waals surface area contributed by atoms with Gasteiger partial charge in [0.15, 0.2) is 0 Å². The normalized spacial score (nSPS) is 15.9. The number of piperazine rings is 1. The third kappa shape index (κ3) is 2.34. The third-order valence-electron chi connectivity index (χ3n) is 2.87. The fraction of sp³-hybridized carbons (Fsp3) is 0.333. The van der Waals surface area contributed by atoms with E-state index in [1.807, 2.05) is 11.0 Å². The summed E-state index contributed by atoms with van der Waals surface area (Å²) < 4.78 is 0. The van der Waals surface area contributed by atoms with E-state index in [4.69, 9.17) is 16.9 Å². The van der Waals surface area contributed by atoms with Gasteiger partial charge in [-0.05, 0) is 18.2 Å². The predicted molar refractivity (Wildman–Crippen MR) is 66.0 cm³/mol. The van der Waals surface area contributed by atoms with E-state index in [2.05, 4.69) is 0 Å². The summed E-state index contributed by atoms with van der Waals surface area (Å²) in [5.74, 6) is 0.0803. The molecule has 0 spiro atoms. The number of hydrogen-bond acceptors (Lipinski definition) is 3. The van der Waals surface area contributed by atoms with E-state index in [9.17, 15) is 4.79 Å². The Balaban J connectivity index is 2.24. The Morgan fingerprint density at radius 1 is 1.41 bits per heavy atom. The maximum Gasteiger partial charge on any atom is 0.241 e. The zero-order valence-electron chi connectivity index (χ0n) is 9.48. The minimum atomic E-state index is 0.0803. The Bertz CT molecular complexity index is 495. The van der Waals surface area contributed by atoms with Crippen molar-refractivity contribution in [3.63, 3.8) is 0 Å². The molecule has 0 N–H and O–H groups in total. The Morgan fingerprint density at radius 3 is 2.76 bits per heavy atom. The number of likely N-dealkylation sites (N-methyl/N-ethyl adjacent to an activating group) is 1. The molecule has 4 nitrogen and oxygen atoms in total. The monoisotopic (exact) mass is 249 g/mol. The first-order valence-electron chi connectivity index (χ1n) is 5.30. The minimum absolute atomic E-state index is 0.0803. The molecule has 17 heavy (non-hydrogen) atoms. The number of carbonyl (C=O) groups excluding carboxylic acids is 1. The van der Waals surface area contributed by atoms with Crippen LogP contribution in [0.5, 0.6) is 0 Å². The van der Waals surface area contributed by atoms with Crippen molar-refractivity contribution in [1.29, 1.82) is 5.26 Å². The summed E-state index contributed by atoms with van der Waals surface area (Å²) >= 11 is 6.11. The molecule has 1 amide bonds. The first-order valence-corrected chi connectivity index (χ1v) is 5.68. The number of nitriles is 1. The second-order valence-electron chi connectivity index (χ2n) is 4.01. The number of carbonyl (C=O) groups is 1. The van der Waals surface area contributed by atoms with Gasteiger partial charge in [0.25, 0.3) is 0 Å². The number of halogens is 1. The minimum Gasteiger partial charge on any atom is -0.359 e. The molecule has 0 unspecified atom stereocenters. The van der Waals surface area contributed by atoms with Gasteiger partial charge in [0.05, 0.1) is 28.9 Å². The summed E-state index contributed by atoms with van der Waals surface area (Å²) in [4.78, 5) is 15.2. The van der Waals surface area contributed by atoms with Gasteiger partial charge < -0.3 is 9.80 Å². The van der Waals surface area contributed by atoms with Crippen LogP contribution in [0.25, 0.3) is 0 Å². The van der Waals surface area contributed by atoms with Crippen molar-refractivity contribution in [2.75, 3.05) is 31.6 Å². The lowest BCUT2D eigenvalue weighted by molar-refractivity contribution is -0.129. The highest BCUT2D eigenvalue weighted by molar-refractivity contribution is 6.33. The molecule has 0 aliphatic carbocycles. The van der Waals surface area contributed by atoms with Crippen LogP contribution in [0, 0.1) is 11.3 Å². The lowest BCUT2D eigenvalue weighted by Crippen LogP contribution is -2.48. The van der Waals surface area contributed by atoms with Gasteiger partial charge in [0.1, 0.15) is 0 Å². The van der Waals surface area contributed by atoms with E-state index in [1.54, 1.807) is 30.1 Å². The molecule has 1 heterocycles. The van der Waals surface area contributed by atoms with Crippen molar-refractivity contribution >= 4 is 23.2 Å². The molecule has 1 aliphatic heterocycles. The average molecular weight is 250 g/mol. The molecule has 0 saturated carbocycles. The molecule has 0 atom stereocenters. The zero-order chi connectivity index (χ0) is 12.4. The van der Waals surface area contributed by atoms with Gasteiger partial charge in [-0.1, -0.05) is 11.6 Å². The molecular formula is C12H12ClN3O. The third-order valence-corrected chi connectivity index (χ3v) is 3.18. The maximum absolute atomic E-state index is 11.6. The highest BCUT2D eigenvalue weighted by Gasteiger charge is 2.22. The number of hydrogen-bond donors (Lipinski definition) is 0. The van der Waals surface area contributed by atoms with Crippen LogP contribution in [0.2, 0.25) is 5.02 Å². The summed E-state index contributed by atoms with van der Waals surface area (Å²) in [5.41, 5.74) is 1.34. The summed E-state index contributed by atoms with van der Waals surface area (Å²) in [6.07, 6.45) is 0. The van der Waals surface area contributed by atoms with E-state index in [0.717, 1.165) is 12.2 Å². The fourth-order valence-corrected chi connectivity index (χ4v) is 2.10.